The average Bonchev–Trinajstić information content (AvgIpc) is 2.78. The van der Waals surface area contributed by atoms with Crippen molar-refractivity contribution in [3.8, 4) is 5.75 Å². The molecule has 0 spiro atoms. The van der Waals surface area contributed by atoms with Crippen LogP contribution in [0.25, 0.3) is 0 Å². The van der Waals surface area contributed by atoms with Gasteiger partial charge >= 0.3 is 17.2 Å². The monoisotopic (exact) mass is 534 g/mol. The number of aryl methyl sites for hydroxylation is 1. The minimum Gasteiger partial charge on any atom is -0.399 e. The predicted octanol–water partition coefficient (Wildman–Crippen LogP) is 4.32. The molecule has 5 nitrogen and oxygen atoms in total. The van der Waals surface area contributed by atoms with Crippen LogP contribution in [-0.2, 0) is 19.4 Å². The molecule has 0 aromatic heterocycles. The van der Waals surface area contributed by atoms with Gasteiger partial charge in [0.2, 0.25) is 0 Å². The second kappa shape index (κ2) is 7.47. The highest BCUT2D eigenvalue weighted by atomic mass is 127. The summed E-state index contributed by atoms with van der Waals surface area (Å²) in [5.41, 5.74) is 0.379. The Balaban J connectivity index is 2.04. The van der Waals surface area contributed by atoms with Crippen molar-refractivity contribution in [3.63, 3.8) is 0 Å². The van der Waals surface area contributed by atoms with E-state index in [1.807, 2.05) is 46.8 Å². The Labute approximate surface area is 185 Å². The lowest BCUT2D eigenvalue weighted by molar-refractivity contribution is 0.00578. The van der Waals surface area contributed by atoms with E-state index in [-0.39, 0.29) is 10.6 Å². The average molecular weight is 535 g/mol. The Bertz CT molecular complexity index is 990. The zero-order chi connectivity index (χ0) is 20.9. The van der Waals surface area contributed by atoms with Gasteiger partial charge in [-0.25, -0.2) is 0 Å². The van der Waals surface area contributed by atoms with E-state index in [0.717, 1.165) is 5.56 Å². The first-order valence-corrected chi connectivity index (χ1v) is 11.5. The van der Waals surface area contributed by atoms with E-state index in [1.54, 1.807) is 0 Å². The lowest BCUT2D eigenvalue weighted by Crippen LogP contribution is -2.41. The first kappa shape index (κ1) is 21.9. The van der Waals surface area contributed by atoms with Crippen molar-refractivity contribution in [2.24, 2.45) is 0 Å². The molecule has 1 aliphatic rings. The second-order valence-corrected chi connectivity index (χ2v) is 10.9. The van der Waals surface area contributed by atoms with E-state index in [9.17, 15) is 8.42 Å². The van der Waals surface area contributed by atoms with E-state index in [0.29, 0.717) is 14.1 Å². The molecule has 0 unspecified atom stereocenters. The molecule has 150 valence electrons. The van der Waals surface area contributed by atoms with Crippen molar-refractivity contribution in [2.45, 2.75) is 50.7 Å². The second-order valence-electron chi connectivity index (χ2n) is 7.74. The molecule has 1 aliphatic heterocycles. The maximum atomic E-state index is 12.8. The molecule has 0 saturated carbocycles. The zero-order valence-corrected chi connectivity index (χ0v) is 20.0. The van der Waals surface area contributed by atoms with Gasteiger partial charge in [0.1, 0.15) is 4.90 Å². The molecule has 2 aromatic carbocycles. The molecule has 1 heterocycles. The molecular formula is C19H21BClIO5S. The fourth-order valence-electron chi connectivity index (χ4n) is 2.75. The summed E-state index contributed by atoms with van der Waals surface area (Å²) in [6.07, 6.45) is 0. The molecule has 0 N–H and O–H groups in total. The highest BCUT2D eigenvalue weighted by Gasteiger charge is 2.53. The van der Waals surface area contributed by atoms with Crippen LogP contribution in [-0.4, -0.2) is 26.7 Å². The van der Waals surface area contributed by atoms with Gasteiger partial charge in [0.25, 0.3) is 0 Å². The van der Waals surface area contributed by atoms with Crippen LogP contribution in [0.1, 0.15) is 33.3 Å². The minimum absolute atomic E-state index is 0.0214. The number of rotatable bonds is 4. The molecule has 2 aromatic rings. The molecule has 9 heteroatoms. The molecule has 0 radical (unpaired) electrons. The van der Waals surface area contributed by atoms with Crippen molar-refractivity contribution in [3.05, 3.63) is 50.6 Å². The van der Waals surface area contributed by atoms with Crippen LogP contribution in [0.3, 0.4) is 0 Å². The normalized spacial score (nSPS) is 18.3. The third-order valence-electron chi connectivity index (χ3n) is 5.02. The van der Waals surface area contributed by atoms with E-state index < -0.39 is 28.4 Å². The van der Waals surface area contributed by atoms with Gasteiger partial charge in [-0.15, -0.1) is 0 Å². The van der Waals surface area contributed by atoms with Gasteiger partial charge < -0.3 is 13.5 Å². The molecule has 0 bridgehead atoms. The van der Waals surface area contributed by atoms with Crippen molar-refractivity contribution >= 4 is 56.9 Å². The topological polar surface area (TPSA) is 61.8 Å². The van der Waals surface area contributed by atoms with Crippen molar-refractivity contribution in [1.29, 1.82) is 0 Å². The van der Waals surface area contributed by atoms with Crippen molar-refractivity contribution in [1.82, 2.24) is 0 Å². The Morgan fingerprint density at radius 2 is 1.57 bits per heavy atom. The number of halogens is 2. The number of benzene rings is 2. The summed E-state index contributed by atoms with van der Waals surface area (Å²) in [4.78, 5) is 0.0214. The van der Waals surface area contributed by atoms with E-state index >= 15 is 0 Å². The standard InChI is InChI=1S/C19H21BClIO5S/c1-12-10-15(20-26-18(2,3)19(4,5)27-20)17(16(22)11-12)25-28(23,24)14-8-6-13(21)7-9-14/h6-11H,1-5H3. The lowest BCUT2D eigenvalue weighted by atomic mass is 9.77. The van der Waals surface area contributed by atoms with Crippen LogP contribution in [0.15, 0.2) is 41.3 Å². The summed E-state index contributed by atoms with van der Waals surface area (Å²) in [5, 5.41) is 0.446. The quantitative estimate of drug-likeness (QED) is 0.332. The van der Waals surface area contributed by atoms with Gasteiger partial charge in [0.15, 0.2) is 5.75 Å². The first-order chi connectivity index (χ1) is 12.8. The number of hydrogen-bond donors (Lipinski definition) is 0. The largest absolute Gasteiger partial charge is 0.498 e. The van der Waals surface area contributed by atoms with E-state index in [1.165, 1.54) is 24.3 Å². The SMILES string of the molecule is Cc1cc(I)c(OS(=O)(=O)c2ccc(Cl)cc2)c(B2OC(C)(C)C(C)(C)O2)c1. The van der Waals surface area contributed by atoms with Gasteiger partial charge in [-0.1, -0.05) is 23.2 Å². The molecule has 0 amide bonds. The maximum Gasteiger partial charge on any atom is 0.498 e. The van der Waals surface area contributed by atoms with Crippen LogP contribution in [0.5, 0.6) is 5.75 Å². The van der Waals surface area contributed by atoms with Crippen molar-refractivity contribution < 1.29 is 21.9 Å². The van der Waals surface area contributed by atoms with E-state index in [2.05, 4.69) is 22.6 Å². The third-order valence-corrected chi connectivity index (χ3v) is 7.31. The van der Waals surface area contributed by atoms with Gasteiger partial charge in [-0.2, -0.15) is 8.42 Å². The van der Waals surface area contributed by atoms with Gasteiger partial charge in [-0.05, 0) is 87.5 Å². The lowest BCUT2D eigenvalue weighted by Gasteiger charge is -2.32. The smallest absolute Gasteiger partial charge is 0.399 e. The van der Waals surface area contributed by atoms with Gasteiger partial charge in [0, 0.05) is 10.5 Å². The van der Waals surface area contributed by atoms with E-state index in [4.69, 9.17) is 25.1 Å². The summed E-state index contributed by atoms with van der Waals surface area (Å²) in [6.45, 7) is 9.70. The van der Waals surface area contributed by atoms with Crippen LogP contribution >= 0.6 is 34.2 Å². The highest BCUT2D eigenvalue weighted by molar-refractivity contribution is 14.1. The Hall–Kier alpha value is -0.805. The summed E-state index contributed by atoms with van der Waals surface area (Å²) in [6, 6.07) is 9.51. The highest BCUT2D eigenvalue weighted by Crippen LogP contribution is 2.38. The molecule has 0 aliphatic carbocycles. The molecular weight excluding hydrogens is 513 g/mol. The molecule has 1 saturated heterocycles. The van der Waals surface area contributed by atoms with Crippen LogP contribution < -0.4 is 9.65 Å². The van der Waals surface area contributed by atoms with Crippen molar-refractivity contribution in [2.75, 3.05) is 0 Å². The summed E-state index contributed by atoms with van der Waals surface area (Å²) >= 11 is 7.92. The fourth-order valence-corrected chi connectivity index (χ4v) is 4.91. The fraction of sp³-hybridized carbons (Fsp3) is 0.368. The number of hydrogen-bond acceptors (Lipinski definition) is 5. The predicted molar refractivity (Wildman–Crippen MR) is 119 cm³/mol. The molecule has 1 fully saturated rings. The molecule has 0 atom stereocenters. The Kier molecular flexibility index (Phi) is 5.84. The van der Waals surface area contributed by atoms with Gasteiger partial charge in [-0.3, -0.25) is 0 Å². The van der Waals surface area contributed by atoms with Crippen LogP contribution in [0, 0.1) is 10.5 Å². The molecule has 28 heavy (non-hydrogen) atoms. The Morgan fingerprint density at radius 1 is 1.04 bits per heavy atom. The maximum absolute atomic E-state index is 12.8. The Morgan fingerprint density at radius 3 is 2.11 bits per heavy atom. The first-order valence-electron chi connectivity index (χ1n) is 8.68. The summed E-state index contributed by atoms with van der Waals surface area (Å²) in [5.74, 6) is 0.208. The van der Waals surface area contributed by atoms with Crippen LogP contribution in [0.4, 0.5) is 0 Å². The van der Waals surface area contributed by atoms with Crippen LogP contribution in [0.2, 0.25) is 5.02 Å². The molecule has 3 rings (SSSR count). The summed E-state index contributed by atoms with van der Waals surface area (Å²) in [7, 11) is -4.79. The summed E-state index contributed by atoms with van der Waals surface area (Å²) < 4.78 is 44.1. The zero-order valence-electron chi connectivity index (χ0n) is 16.2. The minimum atomic E-state index is -4.05. The van der Waals surface area contributed by atoms with Gasteiger partial charge in [0.05, 0.1) is 14.8 Å². The third kappa shape index (κ3) is 4.21.